The van der Waals surface area contributed by atoms with Crippen LogP contribution in [0.15, 0.2) is 42.9 Å². The molecule has 1 saturated heterocycles. The molecule has 182 valence electrons. The summed E-state index contributed by atoms with van der Waals surface area (Å²) in [6.45, 7) is 4.28. The third kappa shape index (κ3) is 3.33. The Kier molecular flexibility index (Phi) is 4.90. The molecule has 10 heteroatoms. The van der Waals surface area contributed by atoms with Crippen molar-refractivity contribution < 1.29 is 9.53 Å². The number of aryl methyl sites for hydroxylation is 1. The molecule has 7 heterocycles. The molecule has 4 aromatic heterocycles. The number of carbonyl (C=O) groups excluding carboxylic acids is 1. The molecule has 3 aliphatic heterocycles. The second-order valence-corrected chi connectivity index (χ2v) is 9.42. The highest BCUT2D eigenvalue weighted by atomic mass is 16.5. The van der Waals surface area contributed by atoms with Crippen LogP contribution in [0.4, 0.5) is 17.2 Å². The Balaban J connectivity index is 1.26. The van der Waals surface area contributed by atoms with Crippen LogP contribution in [-0.4, -0.2) is 57.8 Å². The molecule has 0 spiro atoms. The topological polar surface area (TPSA) is 109 Å². The molecule has 4 aromatic rings. The van der Waals surface area contributed by atoms with Gasteiger partial charge in [-0.25, -0.2) is 9.97 Å². The van der Waals surface area contributed by atoms with Crippen molar-refractivity contribution in [3.05, 3.63) is 59.7 Å². The molecular weight excluding hydrogens is 456 g/mol. The van der Waals surface area contributed by atoms with Crippen molar-refractivity contribution in [2.45, 2.75) is 19.1 Å². The lowest BCUT2D eigenvalue weighted by Gasteiger charge is -2.36. The average Bonchev–Trinajstić information content (AvgIpc) is 3.42. The van der Waals surface area contributed by atoms with Crippen LogP contribution in [0.25, 0.3) is 22.3 Å². The summed E-state index contributed by atoms with van der Waals surface area (Å²) in [6.07, 6.45) is 5.51. The third-order valence-electron chi connectivity index (χ3n) is 7.28. The molecule has 1 fully saturated rings. The fourth-order valence-corrected chi connectivity index (χ4v) is 5.53. The zero-order valence-electron chi connectivity index (χ0n) is 19.9. The molecule has 1 atom stereocenters. The Morgan fingerprint density at radius 2 is 2.11 bits per heavy atom. The molecular formula is C26H26N8O2. The fraction of sp³-hybridized carbons (Fsp3) is 0.308. The lowest BCUT2D eigenvalue weighted by Crippen LogP contribution is -2.49. The van der Waals surface area contributed by atoms with Crippen molar-refractivity contribution in [2.24, 2.45) is 7.05 Å². The van der Waals surface area contributed by atoms with Gasteiger partial charge in [0.1, 0.15) is 11.5 Å². The summed E-state index contributed by atoms with van der Waals surface area (Å²) in [5.41, 5.74) is 6.92. The highest BCUT2D eigenvalue weighted by Crippen LogP contribution is 2.36. The molecule has 3 aliphatic rings. The van der Waals surface area contributed by atoms with Gasteiger partial charge in [-0.3, -0.25) is 9.78 Å². The number of nitrogens with one attached hydrogen (secondary N) is 3. The quantitative estimate of drug-likeness (QED) is 0.408. The number of anilines is 3. The summed E-state index contributed by atoms with van der Waals surface area (Å²) < 4.78 is 7.65. The van der Waals surface area contributed by atoms with Crippen molar-refractivity contribution in [3.8, 4) is 11.3 Å². The maximum atomic E-state index is 12.9. The maximum Gasteiger partial charge on any atom is 0.254 e. The summed E-state index contributed by atoms with van der Waals surface area (Å²) in [6, 6.07) is 8.39. The highest BCUT2D eigenvalue weighted by molar-refractivity contribution is 6.06. The van der Waals surface area contributed by atoms with Crippen LogP contribution in [0.2, 0.25) is 0 Å². The molecule has 3 N–H and O–H groups in total. The Morgan fingerprint density at radius 1 is 1.17 bits per heavy atom. The lowest BCUT2D eigenvalue weighted by atomic mass is 10.0. The number of hydrogen-bond acceptors (Lipinski definition) is 8. The standard InChI is InChI=1S/C26H26N8O2/c1-33-7-5-17-16(4-6-28-25(17)33)24-18-11-30-26(35)23(18)20(13-29-24)32-22-3-2-21-19(31-22)12-27-10-15-14-36-9-8-34(15)21/h2-7,13,15,27H,8-12,14H2,1H3,(H,30,35)(H,31,32)/t15-/m0/s1. The number of pyridine rings is 3. The van der Waals surface area contributed by atoms with Crippen LogP contribution in [0, 0.1) is 0 Å². The number of nitrogens with zero attached hydrogens (tertiary/aromatic N) is 5. The summed E-state index contributed by atoms with van der Waals surface area (Å²) >= 11 is 0. The van der Waals surface area contributed by atoms with Gasteiger partial charge in [0.2, 0.25) is 0 Å². The summed E-state index contributed by atoms with van der Waals surface area (Å²) in [4.78, 5) is 29.5. The van der Waals surface area contributed by atoms with Gasteiger partial charge in [-0.2, -0.15) is 0 Å². The number of fused-ring (bicyclic) bond motifs is 5. The smallest absolute Gasteiger partial charge is 0.254 e. The molecule has 0 unspecified atom stereocenters. The number of hydrogen-bond donors (Lipinski definition) is 3. The first-order valence-corrected chi connectivity index (χ1v) is 12.2. The van der Waals surface area contributed by atoms with E-state index in [-0.39, 0.29) is 5.91 Å². The van der Waals surface area contributed by atoms with Crippen LogP contribution >= 0.6 is 0 Å². The molecule has 1 amide bonds. The maximum absolute atomic E-state index is 12.9. The minimum atomic E-state index is -0.109. The van der Waals surface area contributed by atoms with Gasteiger partial charge in [0, 0.05) is 62.1 Å². The van der Waals surface area contributed by atoms with Gasteiger partial charge in [-0.05, 0) is 24.3 Å². The van der Waals surface area contributed by atoms with Gasteiger partial charge >= 0.3 is 0 Å². The zero-order valence-corrected chi connectivity index (χ0v) is 19.9. The number of carbonyl (C=O) groups is 1. The minimum Gasteiger partial charge on any atom is -0.377 e. The average molecular weight is 483 g/mol. The van der Waals surface area contributed by atoms with Crippen molar-refractivity contribution >= 4 is 34.1 Å². The van der Waals surface area contributed by atoms with E-state index >= 15 is 0 Å². The van der Waals surface area contributed by atoms with Crippen LogP contribution in [0.5, 0.6) is 0 Å². The number of aromatic nitrogens is 4. The van der Waals surface area contributed by atoms with E-state index < -0.39 is 0 Å². The Labute approximate surface area is 207 Å². The van der Waals surface area contributed by atoms with Crippen LogP contribution in [0.3, 0.4) is 0 Å². The Hall–Kier alpha value is -4.02. The number of ether oxygens (including phenoxy) is 1. The summed E-state index contributed by atoms with van der Waals surface area (Å²) in [5, 5.41) is 10.8. The van der Waals surface area contributed by atoms with Crippen molar-refractivity contribution in [2.75, 3.05) is 36.5 Å². The Morgan fingerprint density at radius 3 is 3.06 bits per heavy atom. The largest absolute Gasteiger partial charge is 0.377 e. The first-order chi connectivity index (χ1) is 17.7. The third-order valence-corrected chi connectivity index (χ3v) is 7.28. The van der Waals surface area contributed by atoms with E-state index in [2.05, 4.69) is 31.9 Å². The first kappa shape index (κ1) is 21.3. The van der Waals surface area contributed by atoms with Crippen LogP contribution in [-0.2, 0) is 24.9 Å². The molecule has 0 aromatic carbocycles. The normalized spacial score (nSPS) is 18.9. The van der Waals surface area contributed by atoms with E-state index in [0.717, 1.165) is 65.5 Å². The SMILES string of the molecule is Cn1ccc2c(-c3ncc(Nc4ccc5c(n4)CNC[C@H]4COCCN54)c4c3CNC4=O)ccnc21. The monoisotopic (exact) mass is 482 g/mol. The second kappa shape index (κ2) is 8.28. The second-order valence-electron chi connectivity index (χ2n) is 9.42. The van der Waals surface area contributed by atoms with E-state index in [0.29, 0.717) is 36.2 Å². The first-order valence-electron chi connectivity index (χ1n) is 12.2. The molecule has 0 radical (unpaired) electrons. The number of morpholine rings is 1. The van der Waals surface area contributed by atoms with E-state index in [1.807, 2.05) is 36.0 Å². The fourth-order valence-electron chi connectivity index (χ4n) is 5.53. The van der Waals surface area contributed by atoms with E-state index in [1.54, 1.807) is 12.4 Å². The molecule has 10 nitrogen and oxygen atoms in total. The van der Waals surface area contributed by atoms with Gasteiger partial charge < -0.3 is 30.2 Å². The molecule has 7 rings (SSSR count). The van der Waals surface area contributed by atoms with E-state index in [4.69, 9.17) is 14.7 Å². The van der Waals surface area contributed by atoms with Crippen molar-refractivity contribution in [1.29, 1.82) is 0 Å². The van der Waals surface area contributed by atoms with Gasteiger partial charge in [0.15, 0.2) is 0 Å². The highest BCUT2D eigenvalue weighted by Gasteiger charge is 2.30. The molecule has 0 aliphatic carbocycles. The Bertz CT molecular complexity index is 1510. The van der Waals surface area contributed by atoms with Gasteiger partial charge in [-0.1, -0.05) is 0 Å². The number of amides is 1. The predicted molar refractivity (Wildman–Crippen MR) is 136 cm³/mol. The van der Waals surface area contributed by atoms with Gasteiger partial charge in [0.25, 0.3) is 5.91 Å². The predicted octanol–water partition coefficient (Wildman–Crippen LogP) is 2.33. The molecule has 0 saturated carbocycles. The van der Waals surface area contributed by atoms with E-state index in [1.165, 1.54) is 0 Å². The van der Waals surface area contributed by atoms with E-state index in [9.17, 15) is 4.79 Å². The van der Waals surface area contributed by atoms with Crippen molar-refractivity contribution in [3.63, 3.8) is 0 Å². The van der Waals surface area contributed by atoms with Crippen molar-refractivity contribution in [1.82, 2.24) is 30.2 Å². The lowest BCUT2D eigenvalue weighted by molar-refractivity contribution is 0.0946. The molecule has 0 bridgehead atoms. The van der Waals surface area contributed by atoms with Gasteiger partial charge in [0.05, 0.1) is 53.8 Å². The van der Waals surface area contributed by atoms with Gasteiger partial charge in [-0.15, -0.1) is 0 Å². The van der Waals surface area contributed by atoms with Crippen LogP contribution < -0.4 is 20.9 Å². The zero-order chi connectivity index (χ0) is 24.2. The number of rotatable bonds is 3. The minimum absolute atomic E-state index is 0.109. The summed E-state index contributed by atoms with van der Waals surface area (Å²) in [7, 11) is 1.97. The van der Waals surface area contributed by atoms with Crippen LogP contribution in [0.1, 0.15) is 21.6 Å². The summed E-state index contributed by atoms with van der Waals surface area (Å²) in [5.74, 6) is 0.579. The molecule has 36 heavy (non-hydrogen) atoms.